The van der Waals surface area contributed by atoms with Gasteiger partial charge in [-0.25, -0.2) is 4.79 Å². The van der Waals surface area contributed by atoms with Crippen LogP contribution < -0.4 is 0 Å². The van der Waals surface area contributed by atoms with Crippen LogP contribution in [-0.4, -0.2) is 54.2 Å². The van der Waals surface area contributed by atoms with Crippen LogP contribution in [0.5, 0.6) is 0 Å². The lowest BCUT2D eigenvalue weighted by atomic mass is 9.95. The summed E-state index contributed by atoms with van der Waals surface area (Å²) >= 11 is 0. The molecule has 4 nitrogen and oxygen atoms in total. The highest BCUT2D eigenvalue weighted by atomic mass is 16.3. The van der Waals surface area contributed by atoms with E-state index in [1.54, 1.807) is 4.90 Å². The molecule has 0 saturated carbocycles. The van der Waals surface area contributed by atoms with Crippen LogP contribution >= 0.6 is 0 Å². The number of nitrogens with zero attached hydrogens (tertiary/aromatic N) is 2. The van der Waals surface area contributed by atoms with Gasteiger partial charge in [-0.15, -0.1) is 0 Å². The summed E-state index contributed by atoms with van der Waals surface area (Å²) in [4.78, 5) is 15.5. The van der Waals surface area contributed by atoms with Crippen molar-refractivity contribution in [1.82, 2.24) is 9.80 Å². The zero-order valence-corrected chi connectivity index (χ0v) is 9.78. The van der Waals surface area contributed by atoms with Crippen LogP contribution in [0.4, 0.5) is 4.79 Å². The summed E-state index contributed by atoms with van der Waals surface area (Å²) in [6.45, 7) is 4.64. The number of carbonyl (C=O) groups excluding carboxylic acids is 1. The first-order valence-corrected chi connectivity index (χ1v) is 5.80. The topological polar surface area (TPSA) is 43.8 Å². The third-order valence-electron chi connectivity index (χ3n) is 3.13. The van der Waals surface area contributed by atoms with E-state index in [1.165, 1.54) is 0 Å². The zero-order chi connectivity index (χ0) is 11.3. The number of aliphatic hydroxyl groups is 1. The van der Waals surface area contributed by atoms with Crippen LogP contribution in [0, 0.1) is 5.92 Å². The van der Waals surface area contributed by atoms with E-state index in [2.05, 4.69) is 0 Å². The summed E-state index contributed by atoms with van der Waals surface area (Å²) in [6, 6.07) is 0.125. The Hall–Kier alpha value is -0.770. The van der Waals surface area contributed by atoms with E-state index >= 15 is 0 Å². The van der Waals surface area contributed by atoms with Crippen molar-refractivity contribution in [1.29, 1.82) is 0 Å². The van der Waals surface area contributed by atoms with Gasteiger partial charge in [0.25, 0.3) is 0 Å². The van der Waals surface area contributed by atoms with Crippen molar-refractivity contribution in [2.75, 3.05) is 33.3 Å². The van der Waals surface area contributed by atoms with E-state index in [1.807, 2.05) is 18.9 Å². The number of carbonyl (C=O) groups is 1. The normalized spacial score (nSPS) is 21.5. The van der Waals surface area contributed by atoms with E-state index in [0.29, 0.717) is 5.92 Å². The smallest absolute Gasteiger partial charge is 0.319 e. The first-order valence-electron chi connectivity index (χ1n) is 5.80. The zero-order valence-electron chi connectivity index (χ0n) is 9.78. The Balaban J connectivity index is 2.44. The van der Waals surface area contributed by atoms with E-state index in [4.69, 9.17) is 5.11 Å². The molecule has 0 spiro atoms. The lowest BCUT2D eigenvalue weighted by Gasteiger charge is -2.34. The highest BCUT2D eigenvalue weighted by Gasteiger charge is 2.24. The second-order valence-electron chi connectivity index (χ2n) is 4.26. The molecule has 0 bridgehead atoms. The number of piperidine rings is 1. The molecular weight excluding hydrogens is 192 g/mol. The maximum atomic E-state index is 11.9. The monoisotopic (exact) mass is 214 g/mol. The summed E-state index contributed by atoms with van der Waals surface area (Å²) < 4.78 is 0. The molecule has 1 aliphatic heterocycles. The molecule has 1 rings (SSSR count). The molecule has 0 radical (unpaired) electrons. The number of urea groups is 1. The average Bonchev–Trinajstić information content (AvgIpc) is 2.28. The Labute approximate surface area is 91.9 Å². The van der Waals surface area contributed by atoms with Gasteiger partial charge in [-0.3, -0.25) is 0 Å². The minimum atomic E-state index is 0.125. The average molecular weight is 214 g/mol. The van der Waals surface area contributed by atoms with Gasteiger partial charge in [0.1, 0.15) is 0 Å². The third kappa shape index (κ3) is 3.38. The van der Waals surface area contributed by atoms with Crippen molar-refractivity contribution < 1.29 is 9.90 Å². The van der Waals surface area contributed by atoms with Gasteiger partial charge in [0.05, 0.1) is 0 Å². The fourth-order valence-corrected chi connectivity index (χ4v) is 2.03. The van der Waals surface area contributed by atoms with E-state index in [9.17, 15) is 4.79 Å². The van der Waals surface area contributed by atoms with Gasteiger partial charge >= 0.3 is 6.03 Å². The molecule has 1 unspecified atom stereocenters. The molecule has 1 N–H and O–H groups in total. The van der Waals surface area contributed by atoms with E-state index in [0.717, 1.165) is 38.9 Å². The Kier molecular flexibility index (Phi) is 4.88. The van der Waals surface area contributed by atoms with E-state index < -0.39 is 0 Å². The molecule has 1 fully saturated rings. The van der Waals surface area contributed by atoms with Gasteiger partial charge < -0.3 is 14.9 Å². The predicted octanol–water partition coefficient (Wildman–Crippen LogP) is 1.15. The molecule has 15 heavy (non-hydrogen) atoms. The molecule has 0 aromatic rings. The number of hydrogen-bond acceptors (Lipinski definition) is 2. The van der Waals surface area contributed by atoms with Crippen molar-refractivity contribution in [2.45, 2.75) is 26.2 Å². The van der Waals surface area contributed by atoms with Gasteiger partial charge in [0, 0.05) is 33.3 Å². The van der Waals surface area contributed by atoms with Gasteiger partial charge in [-0.2, -0.15) is 0 Å². The fourth-order valence-electron chi connectivity index (χ4n) is 2.03. The Morgan fingerprint density at radius 3 is 2.93 bits per heavy atom. The maximum Gasteiger partial charge on any atom is 0.319 e. The van der Waals surface area contributed by atoms with Gasteiger partial charge in [-0.1, -0.05) is 0 Å². The highest BCUT2D eigenvalue weighted by molar-refractivity contribution is 5.74. The van der Waals surface area contributed by atoms with Crippen molar-refractivity contribution in [3.63, 3.8) is 0 Å². The molecule has 0 aromatic heterocycles. The van der Waals surface area contributed by atoms with Gasteiger partial charge in [0.15, 0.2) is 0 Å². The lowest BCUT2D eigenvalue weighted by molar-refractivity contribution is 0.127. The van der Waals surface area contributed by atoms with Crippen molar-refractivity contribution in [3.05, 3.63) is 0 Å². The number of hydrogen-bond donors (Lipinski definition) is 1. The Bertz CT molecular complexity index is 207. The number of aliphatic hydroxyl groups excluding tert-OH is 1. The largest absolute Gasteiger partial charge is 0.396 e. The third-order valence-corrected chi connectivity index (χ3v) is 3.13. The molecule has 1 saturated heterocycles. The molecule has 1 atom stereocenters. The standard InChI is InChI=1S/C11H22N2O2/c1-3-12(2)11(15)13-7-4-5-10(9-13)6-8-14/h10,14H,3-9H2,1-2H3. The van der Waals surface area contributed by atoms with Crippen LogP contribution in [0.3, 0.4) is 0 Å². The predicted molar refractivity (Wildman–Crippen MR) is 59.7 cm³/mol. The maximum absolute atomic E-state index is 11.9. The number of amides is 2. The van der Waals surface area contributed by atoms with Crippen molar-refractivity contribution in [2.24, 2.45) is 5.92 Å². The molecule has 4 heteroatoms. The summed E-state index contributed by atoms with van der Waals surface area (Å²) in [5, 5.41) is 8.88. The van der Waals surface area contributed by atoms with Crippen LogP contribution in [0.1, 0.15) is 26.2 Å². The Morgan fingerprint density at radius 2 is 2.33 bits per heavy atom. The summed E-state index contributed by atoms with van der Waals surface area (Å²) in [7, 11) is 1.83. The second kappa shape index (κ2) is 5.95. The molecular formula is C11H22N2O2. The van der Waals surface area contributed by atoms with Crippen LogP contribution in [0.25, 0.3) is 0 Å². The summed E-state index contributed by atoms with van der Waals surface area (Å²) in [5.74, 6) is 0.484. The molecule has 1 heterocycles. The van der Waals surface area contributed by atoms with E-state index in [-0.39, 0.29) is 12.6 Å². The first-order chi connectivity index (χ1) is 7.19. The first kappa shape index (κ1) is 12.3. The quantitative estimate of drug-likeness (QED) is 0.766. The van der Waals surface area contributed by atoms with Crippen LogP contribution in [0.2, 0.25) is 0 Å². The second-order valence-corrected chi connectivity index (χ2v) is 4.26. The number of rotatable bonds is 3. The van der Waals surface area contributed by atoms with Crippen LogP contribution in [-0.2, 0) is 0 Å². The van der Waals surface area contributed by atoms with Crippen molar-refractivity contribution >= 4 is 6.03 Å². The SMILES string of the molecule is CCN(C)C(=O)N1CCCC(CCO)C1. The molecule has 0 aromatic carbocycles. The fraction of sp³-hybridized carbons (Fsp3) is 0.909. The highest BCUT2D eigenvalue weighted by Crippen LogP contribution is 2.19. The van der Waals surface area contributed by atoms with Gasteiger partial charge in [0.2, 0.25) is 0 Å². The van der Waals surface area contributed by atoms with Crippen molar-refractivity contribution in [3.8, 4) is 0 Å². The summed E-state index contributed by atoms with van der Waals surface area (Å²) in [5.41, 5.74) is 0. The summed E-state index contributed by atoms with van der Waals surface area (Å²) in [6.07, 6.45) is 3.02. The molecule has 2 amide bonds. The molecule has 0 aliphatic carbocycles. The number of likely N-dealkylation sites (tertiary alicyclic amines) is 1. The minimum Gasteiger partial charge on any atom is -0.396 e. The Morgan fingerprint density at radius 1 is 1.60 bits per heavy atom. The molecule has 1 aliphatic rings. The van der Waals surface area contributed by atoms with Crippen LogP contribution in [0.15, 0.2) is 0 Å². The lowest BCUT2D eigenvalue weighted by Crippen LogP contribution is -2.46. The molecule has 88 valence electrons. The van der Waals surface area contributed by atoms with Gasteiger partial charge in [-0.05, 0) is 32.1 Å². The minimum absolute atomic E-state index is 0.125.